The highest BCUT2D eigenvalue weighted by Gasteiger charge is 2.22. The molecule has 208 valence electrons. The van der Waals surface area contributed by atoms with Crippen molar-refractivity contribution < 1.29 is 19.1 Å². The topological polar surface area (TPSA) is 95.5 Å². The Morgan fingerprint density at radius 3 is 2.70 bits per heavy atom. The molecule has 0 aliphatic carbocycles. The monoisotopic (exact) mass is 535 g/mol. The standard InChI is InChI=1S/C23H36N4O2S.C4H9NO2/c1-6-11-26(7-2)17-30-16-22(24-4)23(28)25-21-9-8-19(13-18(21)3)14-27-12-10-20(15-27)29-5;1-7-3-2-5-4-6/h8-9,13,16,20H,4,6-7,10-12,14-15,17H2,1-3,5H3,(H,25,28);4H,2-3H2,1H3,(H,5,6)/b22-16-;/t20-;/m1./s1. The number of likely N-dealkylation sites (tertiary alicyclic amines) is 1. The van der Waals surface area contributed by atoms with Crippen LogP contribution in [0, 0.1) is 6.92 Å². The van der Waals surface area contributed by atoms with Crippen molar-refractivity contribution in [3.63, 3.8) is 0 Å². The van der Waals surface area contributed by atoms with Crippen LogP contribution in [-0.4, -0.2) is 94.4 Å². The molecule has 1 aliphatic heterocycles. The van der Waals surface area contributed by atoms with Crippen molar-refractivity contribution in [2.24, 2.45) is 4.99 Å². The van der Waals surface area contributed by atoms with Gasteiger partial charge in [0.05, 0.1) is 12.7 Å². The highest BCUT2D eigenvalue weighted by Crippen LogP contribution is 2.21. The lowest BCUT2D eigenvalue weighted by Gasteiger charge is -2.18. The number of aliphatic imine (C=N–C) groups is 1. The zero-order valence-corrected chi connectivity index (χ0v) is 23.9. The van der Waals surface area contributed by atoms with Gasteiger partial charge in [-0.2, -0.15) is 0 Å². The van der Waals surface area contributed by atoms with E-state index in [1.54, 1.807) is 31.4 Å². The van der Waals surface area contributed by atoms with E-state index in [1.165, 1.54) is 5.56 Å². The predicted molar refractivity (Wildman–Crippen MR) is 154 cm³/mol. The molecule has 1 saturated heterocycles. The molecule has 9 nitrogen and oxygen atoms in total. The van der Waals surface area contributed by atoms with Crippen LogP contribution < -0.4 is 10.6 Å². The molecule has 2 rings (SSSR count). The number of carbonyl (C=O) groups is 2. The highest BCUT2D eigenvalue weighted by atomic mass is 32.2. The molecule has 0 bridgehead atoms. The minimum absolute atomic E-state index is 0.227. The first-order chi connectivity index (χ1) is 17.9. The molecule has 10 heteroatoms. The fourth-order valence-corrected chi connectivity index (χ4v) is 4.71. The fourth-order valence-electron chi connectivity index (χ4n) is 3.78. The van der Waals surface area contributed by atoms with Gasteiger partial charge in [-0.3, -0.25) is 24.4 Å². The van der Waals surface area contributed by atoms with Crippen LogP contribution in [0.15, 0.2) is 34.3 Å². The molecule has 1 aliphatic rings. The lowest BCUT2D eigenvalue weighted by molar-refractivity contribution is -0.113. The molecular weight excluding hydrogens is 490 g/mol. The minimum atomic E-state index is -0.227. The van der Waals surface area contributed by atoms with E-state index in [0.29, 0.717) is 31.4 Å². The quantitative estimate of drug-likeness (QED) is 0.110. The second-order valence-electron chi connectivity index (χ2n) is 8.72. The van der Waals surface area contributed by atoms with Crippen molar-refractivity contribution in [1.29, 1.82) is 0 Å². The van der Waals surface area contributed by atoms with Crippen LogP contribution in [0.4, 0.5) is 5.69 Å². The average molecular weight is 536 g/mol. The maximum atomic E-state index is 12.6. The molecule has 0 radical (unpaired) electrons. The molecule has 0 saturated carbocycles. The maximum absolute atomic E-state index is 12.6. The van der Waals surface area contributed by atoms with Gasteiger partial charge in [0, 0.05) is 57.4 Å². The molecule has 37 heavy (non-hydrogen) atoms. The number of rotatable bonds is 16. The first kappa shape index (κ1) is 32.8. The summed E-state index contributed by atoms with van der Waals surface area (Å²) in [6, 6.07) is 6.19. The van der Waals surface area contributed by atoms with Crippen molar-refractivity contribution >= 4 is 36.5 Å². The van der Waals surface area contributed by atoms with E-state index in [1.807, 2.05) is 13.0 Å². The summed E-state index contributed by atoms with van der Waals surface area (Å²) >= 11 is 1.58. The first-order valence-corrected chi connectivity index (χ1v) is 13.8. The third-order valence-corrected chi connectivity index (χ3v) is 6.79. The Kier molecular flexibility index (Phi) is 17.6. The van der Waals surface area contributed by atoms with Gasteiger partial charge in [-0.15, -0.1) is 11.8 Å². The van der Waals surface area contributed by atoms with Crippen molar-refractivity contribution in [3.05, 3.63) is 40.4 Å². The van der Waals surface area contributed by atoms with Gasteiger partial charge in [-0.1, -0.05) is 26.0 Å². The fraction of sp³-hybridized carbons (Fsp3) is 0.593. The molecule has 1 aromatic carbocycles. The smallest absolute Gasteiger partial charge is 0.274 e. The van der Waals surface area contributed by atoms with Crippen molar-refractivity contribution in [2.45, 2.75) is 46.3 Å². The van der Waals surface area contributed by atoms with Gasteiger partial charge in [-0.25, -0.2) is 0 Å². The number of carbonyl (C=O) groups excluding carboxylic acids is 2. The summed E-state index contributed by atoms with van der Waals surface area (Å²) in [5, 5.41) is 7.21. The summed E-state index contributed by atoms with van der Waals surface area (Å²) in [7, 11) is 3.37. The van der Waals surface area contributed by atoms with Crippen LogP contribution in [0.5, 0.6) is 0 Å². The van der Waals surface area contributed by atoms with Gasteiger partial charge in [0.1, 0.15) is 5.70 Å². The number of amides is 2. The van der Waals surface area contributed by atoms with E-state index in [0.717, 1.165) is 62.7 Å². The van der Waals surface area contributed by atoms with Crippen LogP contribution in [0.3, 0.4) is 0 Å². The summed E-state index contributed by atoms with van der Waals surface area (Å²) in [5.41, 5.74) is 3.44. The largest absolute Gasteiger partial charge is 0.383 e. The van der Waals surface area contributed by atoms with Crippen molar-refractivity contribution in [3.8, 4) is 0 Å². The Balaban J connectivity index is 0.000000856. The predicted octanol–water partition coefficient (Wildman–Crippen LogP) is 3.50. The van der Waals surface area contributed by atoms with Gasteiger partial charge in [0.25, 0.3) is 5.91 Å². The summed E-state index contributed by atoms with van der Waals surface area (Å²) in [6.45, 7) is 16.0. The molecule has 2 N–H and O–H groups in total. The second-order valence-corrected chi connectivity index (χ2v) is 9.54. The van der Waals surface area contributed by atoms with E-state index in [2.05, 4.69) is 62.9 Å². The van der Waals surface area contributed by atoms with Gasteiger partial charge in [-0.05, 0) is 56.8 Å². The number of benzene rings is 1. The third kappa shape index (κ3) is 13.2. The number of hydrogen-bond acceptors (Lipinski definition) is 8. The number of methoxy groups -OCH3 is 2. The maximum Gasteiger partial charge on any atom is 0.274 e. The average Bonchev–Trinajstić information content (AvgIpc) is 3.35. The van der Waals surface area contributed by atoms with Gasteiger partial charge in [0.2, 0.25) is 6.41 Å². The number of thioether (sulfide) groups is 1. The molecule has 2 amide bonds. The lowest BCUT2D eigenvalue weighted by Crippen LogP contribution is -2.23. The Morgan fingerprint density at radius 2 is 2.14 bits per heavy atom. The molecule has 0 aromatic heterocycles. The van der Waals surface area contributed by atoms with Crippen molar-refractivity contribution in [2.75, 3.05) is 64.7 Å². The molecule has 1 fully saturated rings. The van der Waals surface area contributed by atoms with E-state index in [4.69, 9.17) is 4.74 Å². The number of nitrogens with zero attached hydrogens (tertiary/aromatic N) is 3. The van der Waals surface area contributed by atoms with Gasteiger partial charge < -0.3 is 20.1 Å². The van der Waals surface area contributed by atoms with Crippen LogP contribution in [0.1, 0.15) is 37.8 Å². The number of nitrogens with one attached hydrogen (secondary N) is 2. The van der Waals surface area contributed by atoms with E-state index in [-0.39, 0.29) is 5.91 Å². The number of aryl methyl sites for hydroxylation is 1. The van der Waals surface area contributed by atoms with E-state index >= 15 is 0 Å². The normalized spacial score (nSPS) is 15.7. The zero-order valence-electron chi connectivity index (χ0n) is 23.1. The summed E-state index contributed by atoms with van der Waals surface area (Å²) < 4.78 is 10.1. The molecule has 0 spiro atoms. The number of anilines is 1. The van der Waals surface area contributed by atoms with E-state index < -0.39 is 0 Å². The Bertz CT molecular complexity index is 852. The molecule has 1 aromatic rings. The molecular formula is C27H45N5O4S. The van der Waals surface area contributed by atoms with Crippen molar-refractivity contribution in [1.82, 2.24) is 15.1 Å². The van der Waals surface area contributed by atoms with Crippen LogP contribution >= 0.6 is 11.8 Å². The number of ether oxygens (including phenoxy) is 2. The minimum Gasteiger partial charge on any atom is -0.383 e. The second kappa shape index (κ2) is 19.8. The third-order valence-electron chi connectivity index (χ3n) is 5.88. The summed E-state index contributed by atoms with van der Waals surface area (Å²) in [5.74, 6) is 0.611. The Morgan fingerprint density at radius 1 is 1.35 bits per heavy atom. The molecule has 0 unspecified atom stereocenters. The summed E-state index contributed by atoms with van der Waals surface area (Å²) in [6.07, 6.45) is 3.19. The van der Waals surface area contributed by atoms with Crippen LogP contribution in [0.25, 0.3) is 0 Å². The van der Waals surface area contributed by atoms with Gasteiger partial charge >= 0.3 is 0 Å². The SMILES string of the molecule is C=N/C(=C\SCN(CC)CCC)C(=O)Nc1ccc(CN2CC[C@@H](OC)C2)cc1C.COCCNC=O. The Labute approximate surface area is 227 Å². The summed E-state index contributed by atoms with van der Waals surface area (Å²) in [4.78, 5) is 30.8. The molecule has 1 atom stereocenters. The lowest BCUT2D eigenvalue weighted by atomic mass is 10.1. The first-order valence-electron chi connectivity index (χ1n) is 12.7. The number of hydrogen-bond donors (Lipinski definition) is 2. The Hall–Kier alpha value is -2.24. The highest BCUT2D eigenvalue weighted by molar-refractivity contribution is 8.02. The molecule has 1 heterocycles. The van der Waals surface area contributed by atoms with Crippen LogP contribution in [-0.2, 0) is 25.6 Å². The zero-order chi connectivity index (χ0) is 27.5. The van der Waals surface area contributed by atoms with Gasteiger partial charge in [0.15, 0.2) is 0 Å². The van der Waals surface area contributed by atoms with Crippen LogP contribution in [0.2, 0.25) is 0 Å². The van der Waals surface area contributed by atoms with E-state index in [9.17, 15) is 9.59 Å².